The zero-order chi connectivity index (χ0) is 12.7. The number of nitrogens with one attached hydrogen (secondary N) is 1. The van der Waals surface area contributed by atoms with E-state index in [4.69, 9.17) is 0 Å². The van der Waals surface area contributed by atoms with Gasteiger partial charge in [0, 0.05) is 12.1 Å². The quantitative estimate of drug-likeness (QED) is 0.768. The predicted octanol–water partition coefficient (Wildman–Crippen LogP) is 3.68. The predicted molar refractivity (Wildman–Crippen MR) is 67.1 cm³/mol. The van der Waals surface area contributed by atoms with Crippen molar-refractivity contribution in [2.75, 3.05) is 6.54 Å². The van der Waals surface area contributed by atoms with Gasteiger partial charge in [-0.05, 0) is 43.5 Å². The molecule has 0 spiro atoms. The summed E-state index contributed by atoms with van der Waals surface area (Å²) in [5.41, 5.74) is 0.710. The highest BCUT2D eigenvalue weighted by atomic mass is 19.1. The molecule has 1 aromatic rings. The lowest BCUT2D eigenvalue weighted by atomic mass is 10.1. The van der Waals surface area contributed by atoms with Gasteiger partial charge in [0.25, 0.3) is 0 Å². The van der Waals surface area contributed by atoms with Gasteiger partial charge in [0.1, 0.15) is 11.6 Å². The fourth-order valence-electron chi connectivity index (χ4n) is 1.97. The maximum absolute atomic E-state index is 12.9. The summed E-state index contributed by atoms with van der Waals surface area (Å²) in [6.45, 7) is 5.07. The summed E-state index contributed by atoms with van der Waals surface area (Å²) in [6, 6.07) is 4.21. The fourth-order valence-corrected chi connectivity index (χ4v) is 1.97. The zero-order valence-corrected chi connectivity index (χ0v) is 10.6. The van der Waals surface area contributed by atoms with E-state index < -0.39 is 11.6 Å². The maximum Gasteiger partial charge on any atom is 0.126 e. The Balaban J connectivity index is 2.39. The van der Waals surface area contributed by atoms with Gasteiger partial charge in [-0.1, -0.05) is 20.3 Å². The Bertz CT molecular complexity index is 319. The van der Waals surface area contributed by atoms with E-state index in [2.05, 4.69) is 19.2 Å². The standard InChI is InChI=1S/C14H21F2N/c1-3-5-14(4-2)17-7-6-11-8-12(15)10-13(16)9-11/h8-10,14,17H,3-7H2,1-2H3. The van der Waals surface area contributed by atoms with Gasteiger partial charge >= 0.3 is 0 Å². The molecule has 96 valence electrons. The van der Waals surface area contributed by atoms with E-state index in [1.54, 1.807) is 0 Å². The van der Waals surface area contributed by atoms with Crippen LogP contribution >= 0.6 is 0 Å². The third kappa shape index (κ3) is 5.26. The molecule has 0 fully saturated rings. The molecule has 1 nitrogen and oxygen atoms in total. The Labute approximate surface area is 102 Å². The molecule has 0 saturated heterocycles. The summed E-state index contributed by atoms with van der Waals surface area (Å²) < 4.78 is 25.9. The molecule has 0 heterocycles. The second-order valence-corrected chi connectivity index (χ2v) is 4.38. The molecule has 0 radical (unpaired) electrons. The van der Waals surface area contributed by atoms with E-state index in [9.17, 15) is 8.78 Å². The zero-order valence-electron chi connectivity index (χ0n) is 10.6. The Hall–Kier alpha value is -0.960. The summed E-state index contributed by atoms with van der Waals surface area (Å²) in [5, 5.41) is 3.41. The molecule has 0 aromatic heterocycles. The van der Waals surface area contributed by atoms with Crippen molar-refractivity contribution in [3.8, 4) is 0 Å². The molecule has 3 heteroatoms. The number of hydrogen-bond acceptors (Lipinski definition) is 1. The van der Waals surface area contributed by atoms with Crippen molar-refractivity contribution in [2.45, 2.75) is 45.6 Å². The smallest absolute Gasteiger partial charge is 0.126 e. The molecule has 0 saturated carbocycles. The number of benzene rings is 1. The summed E-state index contributed by atoms with van der Waals surface area (Å²) in [6.07, 6.45) is 4.05. The van der Waals surface area contributed by atoms with Crippen LogP contribution in [-0.4, -0.2) is 12.6 Å². The lowest BCUT2D eigenvalue weighted by molar-refractivity contribution is 0.466. The van der Waals surface area contributed by atoms with Gasteiger partial charge in [-0.15, -0.1) is 0 Å². The second kappa shape index (κ2) is 7.38. The van der Waals surface area contributed by atoms with Crippen LogP contribution in [0.15, 0.2) is 18.2 Å². The topological polar surface area (TPSA) is 12.0 Å². The second-order valence-electron chi connectivity index (χ2n) is 4.38. The van der Waals surface area contributed by atoms with Crippen LogP contribution in [0.1, 0.15) is 38.7 Å². The van der Waals surface area contributed by atoms with Crippen LogP contribution in [0, 0.1) is 11.6 Å². The van der Waals surface area contributed by atoms with E-state index in [-0.39, 0.29) is 0 Å². The third-order valence-corrected chi connectivity index (χ3v) is 2.90. The number of hydrogen-bond donors (Lipinski definition) is 1. The van der Waals surface area contributed by atoms with Crippen LogP contribution in [0.5, 0.6) is 0 Å². The van der Waals surface area contributed by atoms with Crippen LogP contribution in [0.25, 0.3) is 0 Å². The SMILES string of the molecule is CCCC(CC)NCCc1cc(F)cc(F)c1. The van der Waals surface area contributed by atoms with Crippen molar-refractivity contribution < 1.29 is 8.78 Å². The first kappa shape index (κ1) is 14.1. The highest BCUT2D eigenvalue weighted by Gasteiger charge is 2.04. The maximum atomic E-state index is 12.9. The molecule has 0 aliphatic heterocycles. The molecule has 1 N–H and O–H groups in total. The molecular weight excluding hydrogens is 220 g/mol. The van der Waals surface area contributed by atoms with Crippen LogP contribution in [0.2, 0.25) is 0 Å². The van der Waals surface area contributed by atoms with Gasteiger partial charge in [-0.2, -0.15) is 0 Å². The van der Waals surface area contributed by atoms with E-state index in [1.165, 1.54) is 12.1 Å². The molecule has 0 bridgehead atoms. The molecule has 1 unspecified atom stereocenters. The van der Waals surface area contributed by atoms with E-state index >= 15 is 0 Å². The minimum Gasteiger partial charge on any atom is -0.314 e. The van der Waals surface area contributed by atoms with Crippen molar-refractivity contribution in [3.05, 3.63) is 35.4 Å². The Morgan fingerprint density at radius 2 is 1.76 bits per heavy atom. The molecule has 1 aromatic carbocycles. The normalized spacial score (nSPS) is 12.7. The molecule has 1 rings (SSSR count). The average Bonchev–Trinajstić information content (AvgIpc) is 2.26. The van der Waals surface area contributed by atoms with Crippen molar-refractivity contribution in [1.29, 1.82) is 0 Å². The van der Waals surface area contributed by atoms with E-state index in [1.807, 2.05) is 0 Å². The molecule has 17 heavy (non-hydrogen) atoms. The van der Waals surface area contributed by atoms with Crippen molar-refractivity contribution in [3.63, 3.8) is 0 Å². The van der Waals surface area contributed by atoms with Gasteiger partial charge in [0.05, 0.1) is 0 Å². The number of halogens is 2. The number of rotatable bonds is 7. The molecule has 0 aliphatic carbocycles. The molecule has 0 aliphatic rings. The lowest BCUT2D eigenvalue weighted by Crippen LogP contribution is -2.30. The summed E-state index contributed by atoms with van der Waals surface area (Å²) >= 11 is 0. The van der Waals surface area contributed by atoms with Crippen molar-refractivity contribution >= 4 is 0 Å². The lowest BCUT2D eigenvalue weighted by Gasteiger charge is -2.15. The summed E-state index contributed by atoms with van der Waals surface area (Å²) in [7, 11) is 0. The monoisotopic (exact) mass is 241 g/mol. The van der Waals surface area contributed by atoms with Gasteiger partial charge < -0.3 is 5.32 Å². The highest BCUT2D eigenvalue weighted by Crippen LogP contribution is 2.08. The van der Waals surface area contributed by atoms with Gasteiger partial charge in [0.15, 0.2) is 0 Å². The van der Waals surface area contributed by atoms with Crippen LogP contribution in [0.4, 0.5) is 8.78 Å². The van der Waals surface area contributed by atoms with Gasteiger partial charge in [0.2, 0.25) is 0 Å². The molecule has 1 atom stereocenters. The average molecular weight is 241 g/mol. The Morgan fingerprint density at radius 1 is 1.12 bits per heavy atom. The first-order valence-electron chi connectivity index (χ1n) is 6.34. The highest BCUT2D eigenvalue weighted by molar-refractivity contribution is 5.18. The first-order chi connectivity index (χ1) is 8.15. The minimum absolute atomic E-state index is 0.499. The van der Waals surface area contributed by atoms with Crippen LogP contribution in [0.3, 0.4) is 0 Å². The van der Waals surface area contributed by atoms with Crippen molar-refractivity contribution in [1.82, 2.24) is 5.32 Å². The van der Waals surface area contributed by atoms with Gasteiger partial charge in [-0.25, -0.2) is 8.78 Å². The van der Waals surface area contributed by atoms with Crippen LogP contribution < -0.4 is 5.32 Å². The van der Waals surface area contributed by atoms with E-state index in [0.717, 1.165) is 31.9 Å². The van der Waals surface area contributed by atoms with Crippen LogP contribution in [-0.2, 0) is 6.42 Å². The third-order valence-electron chi connectivity index (χ3n) is 2.90. The van der Waals surface area contributed by atoms with Crippen molar-refractivity contribution in [2.24, 2.45) is 0 Å². The Morgan fingerprint density at radius 3 is 2.29 bits per heavy atom. The summed E-state index contributed by atoms with van der Waals surface area (Å²) in [4.78, 5) is 0. The molecule has 0 amide bonds. The summed E-state index contributed by atoms with van der Waals surface area (Å²) in [5.74, 6) is -0.999. The molecular formula is C14H21F2N. The van der Waals surface area contributed by atoms with Gasteiger partial charge in [-0.3, -0.25) is 0 Å². The van der Waals surface area contributed by atoms with E-state index in [0.29, 0.717) is 18.0 Å². The largest absolute Gasteiger partial charge is 0.314 e. The first-order valence-corrected chi connectivity index (χ1v) is 6.34. The fraction of sp³-hybridized carbons (Fsp3) is 0.571. The Kier molecular flexibility index (Phi) is 6.12. The minimum atomic E-state index is -0.499.